The minimum absolute atomic E-state index is 0.782. The van der Waals surface area contributed by atoms with Crippen LogP contribution in [0, 0.1) is 6.92 Å². The van der Waals surface area contributed by atoms with E-state index in [0.29, 0.717) is 0 Å². The standard InChI is InChI=1S/C18H21ClN2/c1-14-12-17(21-10-2-3-11-21)8-9-18(14)20-13-15-4-6-16(19)7-5-15/h4-9,12,20H,2-3,10-11,13H2,1H3. The zero-order chi connectivity index (χ0) is 14.7. The van der Waals surface area contributed by atoms with E-state index in [1.807, 2.05) is 12.1 Å². The highest BCUT2D eigenvalue weighted by molar-refractivity contribution is 6.30. The molecule has 3 rings (SSSR count). The molecular weight excluding hydrogens is 280 g/mol. The van der Waals surface area contributed by atoms with Gasteiger partial charge in [0.25, 0.3) is 0 Å². The molecule has 0 atom stereocenters. The molecular formula is C18H21ClN2. The lowest BCUT2D eigenvalue weighted by atomic mass is 10.1. The fourth-order valence-corrected chi connectivity index (χ4v) is 2.94. The number of aryl methyl sites for hydroxylation is 1. The first-order valence-corrected chi connectivity index (χ1v) is 7.94. The average molecular weight is 301 g/mol. The van der Waals surface area contributed by atoms with Crippen LogP contribution in [0.1, 0.15) is 24.0 Å². The molecule has 110 valence electrons. The van der Waals surface area contributed by atoms with Crippen molar-refractivity contribution in [3.05, 3.63) is 58.6 Å². The van der Waals surface area contributed by atoms with Gasteiger partial charge >= 0.3 is 0 Å². The van der Waals surface area contributed by atoms with E-state index < -0.39 is 0 Å². The second kappa shape index (κ2) is 6.40. The van der Waals surface area contributed by atoms with Crippen molar-refractivity contribution in [3.8, 4) is 0 Å². The number of hydrogen-bond acceptors (Lipinski definition) is 2. The largest absolute Gasteiger partial charge is 0.381 e. The van der Waals surface area contributed by atoms with Crippen LogP contribution in [0.25, 0.3) is 0 Å². The van der Waals surface area contributed by atoms with E-state index in [4.69, 9.17) is 11.6 Å². The molecule has 21 heavy (non-hydrogen) atoms. The molecule has 2 nitrogen and oxygen atoms in total. The quantitative estimate of drug-likeness (QED) is 0.867. The van der Waals surface area contributed by atoms with E-state index in [1.54, 1.807) is 0 Å². The van der Waals surface area contributed by atoms with Gasteiger partial charge in [0.2, 0.25) is 0 Å². The lowest BCUT2D eigenvalue weighted by Crippen LogP contribution is -2.17. The molecule has 1 saturated heterocycles. The van der Waals surface area contributed by atoms with Crippen LogP contribution in [-0.4, -0.2) is 13.1 Å². The second-order valence-corrected chi connectivity index (χ2v) is 6.11. The van der Waals surface area contributed by atoms with Crippen molar-refractivity contribution in [2.75, 3.05) is 23.3 Å². The monoisotopic (exact) mass is 300 g/mol. The molecule has 0 bridgehead atoms. The van der Waals surface area contributed by atoms with Gasteiger partial charge in [0, 0.05) is 36.0 Å². The van der Waals surface area contributed by atoms with Crippen molar-refractivity contribution in [1.82, 2.24) is 0 Å². The molecule has 2 aromatic carbocycles. The van der Waals surface area contributed by atoms with Crippen molar-refractivity contribution >= 4 is 23.0 Å². The Labute approximate surface area is 131 Å². The zero-order valence-corrected chi connectivity index (χ0v) is 13.2. The normalized spacial score (nSPS) is 14.5. The minimum atomic E-state index is 0.782. The molecule has 0 radical (unpaired) electrons. The highest BCUT2D eigenvalue weighted by atomic mass is 35.5. The van der Waals surface area contributed by atoms with Gasteiger partial charge in [-0.05, 0) is 61.2 Å². The maximum Gasteiger partial charge on any atom is 0.0406 e. The van der Waals surface area contributed by atoms with E-state index in [2.05, 4.69) is 47.5 Å². The van der Waals surface area contributed by atoms with Crippen LogP contribution in [0.5, 0.6) is 0 Å². The van der Waals surface area contributed by atoms with E-state index in [1.165, 1.54) is 48.4 Å². The van der Waals surface area contributed by atoms with Gasteiger partial charge in [-0.3, -0.25) is 0 Å². The van der Waals surface area contributed by atoms with Crippen molar-refractivity contribution in [1.29, 1.82) is 0 Å². The Morgan fingerprint density at radius 1 is 1.05 bits per heavy atom. The Hall–Kier alpha value is -1.67. The van der Waals surface area contributed by atoms with Crippen LogP contribution >= 0.6 is 11.6 Å². The Kier molecular flexibility index (Phi) is 4.35. The smallest absolute Gasteiger partial charge is 0.0406 e. The molecule has 1 N–H and O–H groups in total. The Morgan fingerprint density at radius 3 is 2.43 bits per heavy atom. The van der Waals surface area contributed by atoms with Crippen molar-refractivity contribution in [2.45, 2.75) is 26.3 Å². The molecule has 3 heteroatoms. The van der Waals surface area contributed by atoms with Gasteiger partial charge in [-0.25, -0.2) is 0 Å². The van der Waals surface area contributed by atoms with Gasteiger partial charge in [-0.15, -0.1) is 0 Å². The first-order chi connectivity index (χ1) is 10.2. The number of nitrogens with one attached hydrogen (secondary N) is 1. The van der Waals surface area contributed by atoms with Crippen molar-refractivity contribution < 1.29 is 0 Å². The third-order valence-corrected chi connectivity index (χ3v) is 4.33. The molecule has 0 aromatic heterocycles. The summed E-state index contributed by atoms with van der Waals surface area (Å²) in [6.45, 7) is 5.37. The number of hydrogen-bond donors (Lipinski definition) is 1. The highest BCUT2D eigenvalue weighted by Crippen LogP contribution is 2.25. The Balaban J connectivity index is 1.66. The molecule has 1 aliphatic rings. The van der Waals surface area contributed by atoms with Gasteiger partial charge in [0.05, 0.1) is 0 Å². The lowest BCUT2D eigenvalue weighted by Gasteiger charge is -2.19. The van der Waals surface area contributed by atoms with Crippen LogP contribution in [0.2, 0.25) is 5.02 Å². The molecule has 1 aliphatic heterocycles. The van der Waals surface area contributed by atoms with Crippen LogP contribution in [0.3, 0.4) is 0 Å². The third kappa shape index (κ3) is 3.51. The van der Waals surface area contributed by atoms with Gasteiger partial charge in [-0.1, -0.05) is 23.7 Å². The summed E-state index contributed by atoms with van der Waals surface area (Å²) in [6.07, 6.45) is 2.63. The van der Waals surface area contributed by atoms with E-state index in [0.717, 1.165) is 11.6 Å². The topological polar surface area (TPSA) is 15.3 Å². The van der Waals surface area contributed by atoms with E-state index in [9.17, 15) is 0 Å². The molecule has 0 unspecified atom stereocenters. The van der Waals surface area contributed by atoms with Crippen molar-refractivity contribution in [2.24, 2.45) is 0 Å². The second-order valence-electron chi connectivity index (χ2n) is 5.67. The molecule has 0 spiro atoms. The SMILES string of the molecule is Cc1cc(N2CCCC2)ccc1NCc1ccc(Cl)cc1. The predicted octanol–water partition coefficient (Wildman–Crippen LogP) is 4.86. The number of halogens is 1. The van der Waals surface area contributed by atoms with Crippen LogP contribution in [0.4, 0.5) is 11.4 Å². The summed E-state index contributed by atoms with van der Waals surface area (Å²) in [5, 5.41) is 4.29. The fourth-order valence-electron chi connectivity index (χ4n) is 2.82. The number of anilines is 2. The summed E-state index contributed by atoms with van der Waals surface area (Å²) in [4.78, 5) is 2.47. The van der Waals surface area contributed by atoms with E-state index >= 15 is 0 Å². The van der Waals surface area contributed by atoms with Crippen LogP contribution < -0.4 is 10.2 Å². The van der Waals surface area contributed by atoms with Gasteiger partial charge < -0.3 is 10.2 Å². The van der Waals surface area contributed by atoms with Gasteiger partial charge in [-0.2, -0.15) is 0 Å². The minimum Gasteiger partial charge on any atom is -0.381 e. The molecule has 0 amide bonds. The first-order valence-electron chi connectivity index (χ1n) is 7.56. The fraction of sp³-hybridized carbons (Fsp3) is 0.333. The van der Waals surface area contributed by atoms with Crippen molar-refractivity contribution in [3.63, 3.8) is 0 Å². The summed E-state index contributed by atoms with van der Waals surface area (Å²) in [5.41, 5.74) is 5.09. The maximum absolute atomic E-state index is 5.91. The number of rotatable bonds is 4. The average Bonchev–Trinajstić information content (AvgIpc) is 3.02. The summed E-state index contributed by atoms with van der Waals surface area (Å²) in [5.74, 6) is 0. The van der Waals surface area contributed by atoms with Gasteiger partial charge in [0.1, 0.15) is 0 Å². The molecule has 1 heterocycles. The van der Waals surface area contributed by atoms with E-state index in [-0.39, 0.29) is 0 Å². The summed E-state index contributed by atoms with van der Waals surface area (Å²) < 4.78 is 0. The summed E-state index contributed by atoms with van der Waals surface area (Å²) in [7, 11) is 0. The highest BCUT2D eigenvalue weighted by Gasteiger charge is 2.12. The molecule has 2 aromatic rings. The van der Waals surface area contributed by atoms with Crippen LogP contribution in [0.15, 0.2) is 42.5 Å². The first kappa shape index (κ1) is 14.3. The maximum atomic E-state index is 5.91. The molecule has 0 aliphatic carbocycles. The molecule has 1 fully saturated rings. The van der Waals surface area contributed by atoms with Crippen LogP contribution in [-0.2, 0) is 6.54 Å². The number of benzene rings is 2. The Bertz CT molecular complexity index is 601. The summed E-state index contributed by atoms with van der Waals surface area (Å²) >= 11 is 5.91. The summed E-state index contributed by atoms with van der Waals surface area (Å²) in [6, 6.07) is 14.7. The zero-order valence-electron chi connectivity index (χ0n) is 12.4. The number of nitrogens with zero attached hydrogens (tertiary/aromatic N) is 1. The Morgan fingerprint density at radius 2 is 1.76 bits per heavy atom. The predicted molar refractivity (Wildman–Crippen MR) is 91.4 cm³/mol. The third-order valence-electron chi connectivity index (χ3n) is 4.08. The van der Waals surface area contributed by atoms with Gasteiger partial charge in [0.15, 0.2) is 0 Å². The lowest BCUT2D eigenvalue weighted by molar-refractivity contribution is 0.949. The molecule has 0 saturated carbocycles.